The predicted molar refractivity (Wildman–Crippen MR) is 99.7 cm³/mol. The number of aromatic nitrogens is 4. The zero-order valence-electron chi connectivity index (χ0n) is 14.3. The minimum atomic E-state index is -4.19. The molecular weight excluding hydrogens is 393 g/mol. The number of fused-ring (bicyclic) bond motifs is 1. The summed E-state index contributed by atoms with van der Waals surface area (Å²) in [7, 11) is -2.58. The first-order valence-electron chi connectivity index (χ1n) is 7.78. The van der Waals surface area contributed by atoms with Gasteiger partial charge in [0.25, 0.3) is 0 Å². The maximum atomic E-state index is 10.8. The Morgan fingerprint density at radius 1 is 1.26 bits per heavy atom. The Kier molecular flexibility index (Phi) is 5.98. The van der Waals surface area contributed by atoms with Crippen LogP contribution in [0.15, 0.2) is 40.5 Å². The highest BCUT2D eigenvalue weighted by molar-refractivity contribution is 7.99. The number of methoxy groups -OCH3 is 1. The minimum Gasteiger partial charge on any atom is -0.497 e. The van der Waals surface area contributed by atoms with Gasteiger partial charge in [0, 0.05) is 11.4 Å². The van der Waals surface area contributed by atoms with E-state index in [0.29, 0.717) is 22.7 Å². The van der Waals surface area contributed by atoms with E-state index >= 15 is 0 Å². The molecule has 0 saturated carbocycles. The van der Waals surface area contributed by atoms with Crippen LogP contribution in [0.2, 0.25) is 0 Å². The summed E-state index contributed by atoms with van der Waals surface area (Å²) in [6.45, 7) is 0.418. The van der Waals surface area contributed by atoms with Crippen LogP contribution in [0, 0.1) is 0 Å². The molecule has 3 rings (SSSR count). The Labute approximate surface area is 158 Å². The Hall–Kier alpha value is -2.17. The number of imidazole rings is 1. The van der Waals surface area contributed by atoms with Gasteiger partial charge in [-0.25, -0.2) is 9.97 Å². The highest BCUT2D eigenvalue weighted by Gasteiger charge is 2.15. The Balaban J connectivity index is 1.78. The fourth-order valence-electron chi connectivity index (χ4n) is 2.27. The van der Waals surface area contributed by atoms with Gasteiger partial charge in [-0.2, -0.15) is 4.98 Å². The Bertz CT molecular complexity index is 975. The predicted octanol–water partition coefficient (Wildman–Crippen LogP) is 1.72. The van der Waals surface area contributed by atoms with Gasteiger partial charge in [0.15, 0.2) is 5.65 Å². The number of nitrogens with zero attached hydrogens (tertiary/aromatic N) is 4. The van der Waals surface area contributed by atoms with Gasteiger partial charge in [0.2, 0.25) is 5.95 Å². The molecule has 144 valence electrons. The number of nitrogen functional groups attached to an aromatic ring is 1. The van der Waals surface area contributed by atoms with Gasteiger partial charge < -0.3 is 29.6 Å². The topological polar surface area (TPSA) is 146 Å². The van der Waals surface area contributed by atoms with Crippen molar-refractivity contribution in [2.75, 3.05) is 25.8 Å². The van der Waals surface area contributed by atoms with E-state index in [1.54, 1.807) is 18.0 Å². The molecule has 0 amide bonds. The summed E-state index contributed by atoms with van der Waals surface area (Å²) < 4.78 is 22.7. The highest BCUT2D eigenvalue weighted by Crippen LogP contribution is 2.34. The summed E-state index contributed by atoms with van der Waals surface area (Å²) >= 11 is 1.40. The second-order valence-electron chi connectivity index (χ2n) is 5.48. The van der Waals surface area contributed by atoms with Gasteiger partial charge in [-0.3, -0.25) is 4.57 Å². The molecule has 10 nitrogen and oxygen atoms in total. The maximum absolute atomic E-state index is 10.8. The van der Waals surface area contributed by atoms with Gasteiger partial charge >= 0.3 is 7.60 Å². The minimum absolute atomic E-state index is 0.0986. The largest absolute Gasteiger partial charge is 0.497 e. The molecule has 0 radical (unpaired) electrons. The number of hydrogen-bond donors (Lipinski definition) is 3. The molecule has 0 spiro atoms. The molecule has 0 atom stereocenters. The molecule has 3 aromatic rings. The van der Waals surface area contributed by atoms with Crippen LogP contribution in [0.5, 0.6) is 5.75 Å². The number of nitrogens with two attached hydrogens (primary N) is 1. The standard InChI is InChI=1S/C15H18N5O5PS/c1-24-10-2-4-11(5-3-10)27-14-12-13(18-15(16)19-14)20(8-17-12)6-7-25-9-26(21,22)23/h2-5,8H,6-7,9H2,1H3,(H2,16,18,19)(H2,21,22,23). The molecule has 0 aliphatic heterocycles. The SMILES string of the molecule is COc1ccc(Sc2nc(N)nc3c2ncn3CCOCP(=O)(O)O)cc1. The molecule has 27 heavy (non-hydrogen) atoms. The van der Waals surface area contributed by atoms with Crippen LogP contribution in [-0.4, -0.2) is 49.4 Å². The van der Waals surface area contributed by atoms with Gasteiger partial charge in [0.05, 0.1) is 20.0 Å². The molecule has 12 heteroatoms. The van der Waals surface area contributed by atoms with Crippen LogP contribution >= 0.6 is 19.4 Å². The van der Waals surface area contributed by atoms with Crippen LogP contribution in [0.3, 0.4) is 0 Å². The van der Waals surface area contributed by atoms with E-state index in [1.807, 2.05) is 24.3 Å². The maximum Gasteiger partial charge on any atom is 0.350 e. The number of rotatable bonds is 8. The quantitative estimate of drug-likeness (QED) is 0.284. The molecule has 0 unspecified atom stereocenters. The second-order valence-corrected chi connectivity index (χ2v) is 8.13. The molecule has 4 N–H and O–H groups in total. The van der Waals surface area contributed by atoms with Gasteiger partial charge in [-0.15, -0.1) is 0 Å². The van der Waals surface area contributed by atoms with Crippen LogP contribution < -0.4 is 10.5 Å². The third kappa shape index (κ3) is 5.18. The van der Waals surface area contributed by atoms with Crippen molar-refractivity contribution in [2.24, 2.45) is 0 Å². The average molecular weight is 411 g/mol. The van der Waals surface area contributed by atoms with Crippen molar-refractivity contribution in [3.63, 3.8) is 0 Å². The number of benzene rings is 1. The third-order valence-corrected chi connectivity index (χ3v) is 4.96. The van der Waals surface area contributed by atoms with Crippen molar-refractivity contribution in [1.82, 2.24) is 19.5 Å². The number of hydrogen-bond acceptors (Lipinski definition) is 8. The third-order valence-electron chi connectivity index (χ3n) is 3.46. The first-order valence-corrected chi connectivity index (χ1v) is 10.4. The second kappa shape index (κ2) is 8.24. The lowest BCUT2D eigenvalue weighted by Gasteiger charge is -2.08. The van der Waals surface area contributed by atoms with E-state index in [1.165, 1.54) is 11.8 Å². The summed E-state index contributed by atoms with van der Waals surface area (Å²) in [5.41, 5.74) is 6.94. The molecule has 2 heterocycles. The lowest BCUT2D eigenvalue weighted by atomic mass is 10.3. The molecule has 0 fully saturated rings. The van der Waals surface area contributed by atoms with Crippen molar-refractivity contribution in [2.45, 2.75) is 16.5 Å². The fourth-order valence-corrected chi connectivity index (χ4v) is 3.51. The molecule has 0 aliphatic rings. The van der Waals surface area contributed by atoms with E-state index in [2.05, 4.69) is 15.0 Å². The molecule has 0 saturated heterocycles. The van der Waals surface area contributed by atoms with E-state index in [0.717, 1.165) is 10.6 Å². The van der Waals surface area contributed by atoms with Crippen molar-refractivity contribution in [1.29, 1.82) is 0 Å². The van der Waals surface area contributed by atoms with Crippen molar-refractivity contribution in [3.05, 3.63) is 30.6 Å². The van der Waals surface area contributed by atoms with Crippen molar-refractivity contribution >= 4 is 36.5 Å². The van der Waals surface area contributed by atoms with Crippen LogP contribution in [0.1, 0.15) is 0 Å². The van der Waals surface area contributed by atoms with Crippen molar-refractivity contribution in [3.8, 4) is 5.75 Å². The zero-order chi connectivity index (χ0) is 19.4. The molecule has 0 bridgehead atoms. The fraction of sp³-hybridized carbons (Fsp3) is 0.267. The lowest BCUT2D eigenvalue weighted by Crippen LogP contribution is -2.07. The Morgan fingerprint density at radius 2 is 2.00 bits per heavy atom. The van der Waals surface area contributed by atoms with E-state index in [4.69, 9.17) is 25.0 Å². The summed E-state index contributed by atoms with van der Waals surface area (Å²) in [4.78, 5) is 31.4. The van der Waals surface area contributed by atoms with Gasteiger partial charge in [-0.1, -0.05) is 11.8 Å². The molecular formula is C15H18N5O5PS. The summed E-state index contributed by atoms with van der Waals surface area (Å²) in [5.74, 6) is 0.864. The first kappa shape index (κ1) is 19.6. The van der Waals surface area contributed by atoms with Crippen LogP contribution in [0.4, 0.5) is 5.95 Å². The van der Waals surface area contributed by atoms with E-state index in [9.17, 15) is 4.57 Å². The summed E-state index contributed by atoms with van der Waals surface area (Å²) in [6.07, 6.45) is 0.938. The smallest absolute Gasteiger partial charge is 0.350 e. The Morgan fingerprint density at radius 3 is 2.67 bits per heavy atom. The number of anilines is 1. The highest BCUT2D eigenvalue weighted by atomic mass is 32.2. The first-order chi connectivity index (χ1) is 12.9. The van der Waals surface area contributed by atoms with Crippen LogP contribution in [-0.2, 0) is 15.8 Å². The van der Waals surface area contributed by atoms with Crippen LogP contribution in [0.25, 0.3) is 11.2 Å². The van der Waals surface area contributed by atoms with Gasteiger partial charge in [0.1, 0.15) is 22.6 Å². The average Bonchev–Trinajstić information content (AvgIpc) is 3.01. The lowest BCUT2D eigenvalue weighted by molar-refractivity contribution is 0.149. The van der Waals surface area contributed by atoms with Gasteiger partial charge in [-0.05, 0) is 24.3 Å². The monoisotopic (exact) mass is 411 g/mol. The molecule has 0 aliphatic carbocycles. The van der Waals surface area contributed by atoms with Crippen molar-refractivity contribution < 1.29 is 23.8 Å². The number of ether oxygens (including phenoxy) is 2. The van der Waals surface area contributed by atoms with E-state index in [-0.39, 0.29) is 12.6 Å². The van der Waals surface area contributed by atoms with E-state index < -0.39 is 13.9 Å². The summed E-state index contributed by atoms with van der Waals surface area (Å²) in [6, 6.07) is 7.50. The summed E-state index contributed by atoms with van der Waals surface area (Å²) in [5, 5.41) is 0.609. The normalized spacial score (nSPS) is 11.8. The zero-order valence-corrected chi connectivity index (χ0v) is 16.1. The molecule has 2 aromatic heterocycles. The molecule has 1 aromatic carbocycles.